The van der Waals surface area contributed by atoms with Crippen LogP contribution in [0.3, 0.4) is 0 Å². The van der Waals surface area contributed by atoms with E-state index in [4.69, 9.17) is 5.73 Å². The van der Waals surface area contributed by atoms with Crippen LogP contribution in [0.2, 0.25) is 0 Å². The van der Waals surface area contributed by atoms with Crippen molar-refractivity contribution in [3.63, 3.8) is 0 Å². The normalized spacial score (nSPS) is 18.1. The van der Waals surface area contributed by atoms with Crippen LogP contribution in [-0.2, 0) is 0 Å². The van der Waals surface area contributed by atoms with E-state index in [9.17, 15) is 5.11 Å². The summed E-state index contributed by atoms with van der Waals surface area (Å²) >= 11 is 0. The molecule has 0 bridgehead atoms. The van der Waals surface area contributed by atoms with Crippen LogP contribution in [0, 0.1) is 0 Å². The summed E-state index contributed by atoms with van der Waals surface area (Å²) in [6.45, 7) is 6.92. The van der Waals surface area contributed by atoms with Gasteiger partial charge in [0.15, 0.2) is 5.96 Å². The van der Waals surface area contributed by atoms with E-state index in [-0.39, 0.29) is 30.1 Å². The average Bonchev–Trinajstić information content (AvgIpc) is 2.37. The lowest BCUT2D eigenvalue weighted by molar-refractivity contribution is 0.0824. The largest absolute Gasteiger partial charge is 0.393 e. The maximum atomic E-state index is 9.40. The number of halogens is 1. The lowest BCUT2D eigenvalue weighted by atomic mass is 10.1. The van der Waals surface area contributed by atoms with Crippen molar-refractivity contribution in [2.24, 2.45) is 10.7 Å². The van der Waals surface area contributed by atoms with Gasteiger partial charge in [-0.3, -0.25) is 4.99 Å². The molecule has 1 aliphatic rings. The number of aliphatic imine (C=N–C) groups is 1. The molecule has 0 aromatic carbocycles. The molecule has 1 rings (SSSR count). The highest BCUT2D eigenvalue weighted by Gasteiger charge is 2.15. The Kier molecular flexibility index (Phi) is 11.7. The van der Waals surface area contributed by atoms with Gasteiger partial charge in [0.05, 0.1) is 6.10 Å². The van der Waals surface area contributed by atoms with Crippen molar-refractivity contribution in [2.45, 2.75) is 45.1 Å². The zero-order chi connectivity index (χ0) is 13.2. The molecule has 0 unspecified atom stereocenters. The molecule has 1 aliphatic heterocycles. The average molecular weight is 384 g/mol. The second kappa shape index (κ2) is 11.7. The molecule has 0 aromatic heterocycles. The van der Waals surface area contributed by atoms with Crippen LogP contribution >= 0.6 is 24.0 Å². The number of hydrogen-bond donors (Lipinski definition) is 3. The van der Waals surface area contributed by atoms with E-state index < -0.39 is 0 Å². The number of aliphatic hydroxyl groups excluding tert-OH is 1. The molecule has 0 spiro atoms. The standard InChI is InChI=1S/C13H28N4O.HI/c1-2-3-7-15-13(14)16-8-4-9-17-10-5-12(18)6-11-17;/h12,18H,2-11H2,1H3,(H3,14,15,16);1H. The summed E-state index contributed by atoms with van der Waals surface area (Å²) in [5, 5.41) is 12.5. The Morgan fingerprint density at radius 3 is 2.68 bits per heavy atom. The van der Waals surface area contributed by atoms with Crippen molar-refractivity contribution < 1.29 is 5.11 Å². The summed E-state index contributed by atoms with van der Waals surface area (Å²) in [6, 6.07) is 0. The van der Waals surface area contributed by atoms with E-state index >= 15 is 0 Å². The molecule has 4 N–H and O–H groups in total. The fourth-order valence-corrected chi connectivity index (χ4v) is 2.09. The van der Waals surface area contributed by atoms with Gasteiger partial charge in [-0.2, -0.15) is 0 Å². The van der Waals surface area contributed by atoms with Gasteiger partial charge in [-0.1, -0.05) is 13.3 Å². The van der Waals surface area contributed by atoms with Crippen LogP contribution in [-0.4, -0.2) is 54.8 Å². The Morgan fingerprint density at radius 2 is 2.05 bits per heavy atom. The van der Waals surface area contributed by atoms with Crippen molar-refractivity contribution in [1.29, 1.82) is 0 Å². The van der Waals surface area contributed by atoms with Gasteiger partial charge in [0, 0.05) is 26.2 Å². The maximum Gasteiger partial charge on any atom is 0.188 e. The van der Waals surface area contributed by atoms with Crippen LogP contribution < -0.4 is 11.1 Å². The van der Waals surface area contributed by atoms with Gasteiger partial charge in [-0.05, 0) is 32.2 Å². The summed E-state index contributed by atoms with van der Waals surface area (Å²) in [4.78, 5) is 6.69. The van der Waals surface area contributed by atoms with Gasteiger partial charge < -0.3 is 21.1 Å². The molecular weight excluding hydrogens is 355 g/mol. The highest BCUT2D eigenvalue weighted by atomic mass is 127. The molecule has 0 atom stereocenters. The summed E-state index contributed by atoms with van der Waals surface area (Å²) in [5.74, 6) is 0.567. The van der Waals surface area contributed by atoms with Crippen molar-refractivity contribution in [2.75, 3.05) is 32.7 Å². The maximum absolute atomic E-state index is 9.40. The highest BCUT2D eigenvalue weighted by molar-refractivity contribution is 14.0. The number of unbranched alkanes of at least 4 members (excludes halogenated alkanes) is 1. The number of likely N-dealkylation sites (tertiary alicyclic amines) is 1. The Bertz CT molecular complexity index is 243. The summed E-state index contributed by atoms with van der Waals surface area (Å²) < 4.78 is 0. The molecule has 1 fully saturated rings. The number of piperidine rings is 1. The molecule has 1 heterocycles. The minimum atomic E-state index is -0.0855. The molecule has 0 aliphatic carbocycles. The van der Waals surface area contributed by atoms with Crippen LogP contribution in [0.25, 0.3) is 0 Å². The number of hydrogen-bond acceptors (Lipinski definition) is 3. The van der Waals surface area contributed by atoms with Crippen LogP contribution in [0.5, 0.6) is 0 Å². The first-order valence-corrected chi connectivity index (χ1v) is 7.16. The molecule has 5 nitrogen and oxygen atoms in total. The third-order valence-corrected chi connectivity index (χ3v) is 3.31. The third kappa shape index (κ3) is 9.45. The van der Waals surface area contributed by atoms with Gasteiger partial charge in [0.25, 0.3) is 0 Å². The molecule has 0 radical (unpaired) electrons. The fourth-order valence-electron chi connectivity index (χ4n) is 2.09. The van der Waals surface area contributed by atoms with Crippen molar-refractivity contribution in [3.05, 3.63) is 0 Å². The molecule has 0 saturated carbocycles. The van der Waals surface area contributed by atoms with Crippen LogP contribution in [0.1, 0.15) is 39.0 Å². The van der Waals surface area contributed by atoms with Gasteiger partial charge in [-0.15, -0.1) is 24.0 Å². The monoisotopic (exact) mass is 384 g/mol. The molecule has 114 valence electrons. The van der Waals surface area contributed by atoms with E-state index in [1.165, 1.54) is 6.42 Å². The van der Waals surface area contributed by atoms with E-state index in [0.29, 0.717) is 5.96 Å². The Labute approximate surface area is 134 Å². The molecule has 19 heavy (non-hydrogen) atoms. The second-order valence-electron chi connectivity index (χ2n) is 4.97. The predicted octanol–water partition coefficient (Wildman–Crippen LogP) is 1.16. The number of aliphatic hydroxyl groups is 1. The van der Waals surface area contributed by atoms with Crippen molar-refractivity contribution in [3.8, 4) is 0 Å². The smallest absolute Gasteiger partial charge is 0.188 e. The van der Waals surface area contributed by atoms with Gasteiger partial charge in [0.1, 0.15) is 0 Å². The third-order valence-electron chi connectivity index (χ3n) is 3.31. The Morgan fingerprint density at radius 1 is 1.37 bits per heavy atom. The Balaban J connectivity index is 0.00000324. The number of nitrogens with one attached hydrogen (secondary N) is 1. The topological polar surface area (TPSA) is 73.9 Å². The Hall–Kier alpha value is -0.0800. The van der Waals surface area contributed by atoms with Crippen molar-refractivity contribution >= 4 is 29.9 Å². The summed E-state index contributed by atoms with van der Waals surface area (Å²) in [6.07, 6.45) is 5.06. The zero-order valence-corrected chi connectivity index (χ0v) is 14.3. The summed E-state index contributed by atoms with van der Waals surface area (Å²) in [7, 11) is 0. The SMILES string of the molecule is CCCCNC(N)=NCCCN1CCC(O)CC1.I. The van der Waals surface area contributed by atoms with Crippen LogP contribution in [0.15, 0.2) is 4.99 Å². The van der Waals surface area contributed by atoms with Gasteiger partial charge >= 0.3 is 0 Å². The number of rotatable bonds is 7. The number of nitrogens with zero attached hydrogens (tertiary/aromatic N) is 2. The van der Waals surface area contributed by atoms with E-state index in [2.05, 4.69) is 22.1 Å². The quantitative estimate of drug-likeness (QED) is 0.267. The lowest BCUT2D eigenvalue weighted by Crippen LogP contribution is -2.36. The first-order chi connectivity index (χ1) is 8.72. The van der Waals surface area contributed by atoms with Gasteiger partial charge in [-0.25, -0.2) is 0 Å². The lowest BCUT2D eigenvalue weighted by Gasteiger charge is -2.29. The first kappa shape index (κ1) is 18.9. The van der Waals surface area contributed by atoms with E-state index in [0.717, 1.165) is 58.4 Å². The molecule has 6 heteroatoms. The van der Waals surface area contributed by atoms with E-state index in [1.807, 2.05) is 0 Å². The minimum Gasteiger partial charge on any atom is -0.393 e. The number of nitrogens with two attached hydrogens (primary N) is 1. The molecule has 0 aromatic rings. The number of guanidine groups is 1. The summed E-state index contributed by atoms with van der Waals surface area (Å²) in [5.41, 5.74) is 5.74. The van der Waals surface area contributed by atoms with E-state index in [1.54, 1.807) is 0 Å². The zero-order valence-electron chi connectivity index (χ0n) is 12.0. The molecule has 0 amide bonds. The highest BCUT2D eigenvalue weighted by Crippen LogP contribution is 2.09. The molecular formula is C13H29IN4O. The van der Waals surface area contributed by atoms with Crippen LogP contribution in [0.4, 0.5) is 0 Å². The second-order valence-corrected chi connectivity index (χ2v) is 4.97. The minimum absolute atomic E-state index is 0. The predicted molar refractivity (Wildman–Crippen MR) is 91.1 cm³/mol. The van der Waals surface area contributed by atoms with Crippen molar-refractivity contribution in [1.82, 2.24) is 10.2 Å². The van der Waals surface area contributed by atoms with Gasteiger partial charge in [0.2, 0.25) is 0 Å². The molecule has 1 saturated heterocycles. The first-order valence-electron chi connectivity index (χ1n) is 7.16. The fraction of sp³-hybridized carbons (Fsp3) is 0.923.